The molecule has 1 saturated heterocycles. The van der Waals surface area contributed by atoms with Crippen LogP contribution in [-0.4, -0.2) is 17.7 Å². The van der Waals surface area contributed by atoms with Crippen LogP contribution in [0.25, 0.3) is 0 Å². The van der Waals surface area contributed by atoms with E-state index in [-0.39, 0.29) is 41.4 Å². The quantitative estimate of drug-likeness (QED) is 0.662. The van der Waals surface area contributed by atoms with Gasteiger partial charge in [0.25, 0.3) is 5.91 Å². The average Bonchev–Trinajstić information content (AvgIpc) is 3.38. The number of hydrogen-bond acceptors (Lipinski definition) is 3. The number of para-hydroxylation sites is 1. The summed E-state index contributed by atoms with van der Waals surface area (Å²) in [5.74, 6) is -0.490. The fourth-order valence-corrected chi connectivity index (χ4v) is 4.83. The van der Waals surface area contributed by atoms with E-state index in [9.17, 15) is 14.4 Å². The van der Waals surface area contributed by atoms with Gasteiger partial charge in [-0.15, -0.1) is 0 Å². The van der Waals surface area contributed by atoms with Crippen LogP contribution in [0.2, 0.25) is 0 Å². The van der Waals surface area contributed by atoms with E-state index in [1.54, 1.807) is 24.3 Å². The molecule has 2 fully saturated rings. The van der Waals surface area contributed by atoms with Crippen LogP contribution in [0.3, 0.4) is 0 Å². The first kappa shape index (κ1) is 16.9. The highest BCUT2D eigenvalue weighted by Gasteiger charge is 2.59. The first-order valence-electron chi connectivity index (χ1n) is 9.58. The molecule has 140 valence electrons. The minimum absolute atomic E-state index is 0.107. The molecule has 2 bridgehead atoms. The van der Waals surface area contributed by atoms with Crippen molar-refractivity contribution >= 4 is 29.1 Å². The molecule has 5 nitrogen and oxygen atoms in total. The van der Waals surface area contributed by atoms with Gasteiger partial charge in [-0.05, 0) is 61.1 Å². The van der Waals surface area contributed by atoms with Crippen LogP contribution in [0.4, 0.5) is 11.4 Å². The standard InChI is InChI=1S/C23H20N2O3/c1-13-4-2-3-5-18(13)24-21(26)14-8-10-17(11-9-14)25-22(27)19-15-6-7-16(12-15)20(19)23(25)28/h2-11,15-16,19-20H,12H2,1H3,(H,24,26)/t15-,16+,19-,20+. The van der Waals surface area contributed by atoms with Crippen LogP contribution < -0.4 is 10.2 Å². The summed E-state index contributed by atoms with van der Waals surface area (Å²) in [6.07, 6.45) is 5.08. The molecular weight excluding hydrogens is 352 g/mol. The summed E-state index contributed by atoms with van der Waals surface area (Å²) < 4.78 is 0. The maximum atomic E-state index is 12.9. The number of anilines is 2. The Hall–Kier alpha value is -3.21. The number of carbonyl (C=O) groups is 3. The number of nitrogens with zero attached hydrogens (tertiary/aromatic N) is 1. The molecule has 3 aliphatic rings. The monoisotopic (exact) mass is 372 g/mol. The summed E-state index contributed by atoms with van der Waals surface area (Å²) in [7, 11) is 0. The van der Waals surface area contributed by atoms with E-state index >= 15 is 0 Å². The van der Waals surface area contributed by atoms with Crippen LogP contribution in [0.1, 0.15) is 22.3 Å². The molecule has 0 spiro atoms. The number of rotatable bonds is 3. The second-order valence-corrected chi connectivity index (χ2v) is 7.83. The predicted molar refractivity (Wildman–Crippen MR) is 106 cm³/mol. The molecule has 28 heavy (non-hydrogen) atoms. The van der Waals surface area contributed by atoms with Gasteiger partial charge in [-0.1, -0.05) is 30.4 Å². The van der Waals surface area contributed by atoms with Gasteiger partial charge in [0.05, 0.1) is 17.5 Å². The normalized spacial score (nSPS) is 27.4. The molecule has 3 amide bonds. The number of nitrogens with one attached hydrogen (secondary N) is 1. The molecule has 4 atom stereocenters. The fraction of sp³-hybridized carbons (Fsp3) is 0.261. The minimum atomic E-state index is -0.223. The SMILES string of the molecule is Cc1ccccc1NC(=O)c1ccc(N2C(=O)[C@@H]3[C@H](C2=O)[C@@H]2C=C[C@H]3C2)cc1. The molecule has 0 aromatic heterocycles. The van der Waals surface area contributed by atoms with Crippen molar-refractivity contribution in [2.24, 2.45) is 23.7 Å². The highest BCUT2D eigenvalue weighted by molar-refractivity contribution is 6.23. The number of imide groups is 1. The number of aryl methyl sites for hydroxylation is 1. The van der Waals surface area contributed by atoms with E-state index in [0.717, 1.165) is 17.7 Å². The smallest absolute Gasteiger partial charge is 0.255 e. The van der Waals surface area contributed by atoms with Crippen LogP contribution in [0.5, 0.6) is 0 Å². The van der Waals surface area contributed by atoms with Gasteiger partial charge >= 0.3 is 0 Å². The van der Waals surface area contributed by atoms with Crippen molar-refractivity contribution in [1.29, 1.82) is 0 Å². The molecule has 0 unspecified atom stereocenters. The Kier molecular flexibility index (Phi) is 3.72. The largest absolute Gasteiger partial charge is 0.322 e. The first-order chi connectivity index (χ1) is 13.5. The van der Waals surface area contributed by atoms with E-state index in [1.165, 1.54) is 4.90 Å². The highest BCUT2D eigenvalue weighted by atomic mass is 16.2. The van der Waals surface area contributed by atoms with E-state index in [4.69, 9.17) is 0 Å². The number of hydrogen-bond donors (Lipinski definition) is 1. The maximum absolute atomic E-state index is 12.9. The molecule has 1 saturated carbocycles. The number of allylic oxidation sites excluding steroid dienone is 2. The Bertz CT molecular complexity index is 994. The summed E-state index contributed by atoms with van der Waals surface area (Å²) in [6, 6.07) is 14.2. The fourth-order valence-electron chi connectivity index (χ4n) is 4.83. The van der Waals surface area contributed by atoms with Crippen molar-refractivity contribution in [3.8, 4) is 0 Å². The van der Waals surface area contributed by atoms with Crippen LogP contribution >= 0.6 is 0 Å². The van der Waals surface area contributed by atoms with E-state index in [2.05, 4.69) is 17.5 Å². The van der Waals surface area contributed by atoms with Gasteiger partial charge in [-0.2, -0.15) is 0 Å². The Morgan fingerprint density at radius 3 is 2.14 bits per heavy atom. The first-order valence-corrected chi connectivity index (χ1v) is 9.58. The molecule has 1 heterocycles. The number of amides is 3. The molecule has 5 rings (SSSR count). The van der Waals surface area contributed by atoms with Gasteiger partial charge in [0.15, 0.2) is 0 Å². The third-order valence-electron chi connectivity index (χ3n) is 6.25. The zero-order chi connectivity index (χ0) is 19.4. The number of fused-ring (bicyclic) bond motifs is 5. The van der Waals surface area contributed by atoms with Crippen molar-refractivity contribution in [2.45, 2.75) is 13.3 Å². The lowest BCUT2D eigenvalue weighted by atomic mass is 9.85. The lowest BCUT2D eigenvalue weighted by Gasteiger charge is -2.17. The molecule has 2 aromatic rings. The van der Waals surface area contributed by atoms with Gasteiger partial charge < -0.3 is 5.32 Å². The average molecular weight is 372 g/mol. The van der Waals surface area contributed by atoms with E-state index < -0.39 is 0 Å². The van der Waals surface area contributed by atoms with E-state index in [1.807, 2.05) is 31.2 Å². The zero-order valence-electron chi connectivity index (χ0n) is 15.5. The summed E-state index contributed by atoms with van der Waals surface area (Å²) in [5.41, 5.74) is 2.76. The number of carbonyl (C=O) groups excluding carboxylic acids is 3. The van der Waals surface area contributed by atoms with Gasteiger partial charge in [-0.3, -0.25) is 19.3 Å². The maximum Gasteiger partial charge on any atom is 0.255 e. The molecule has 1 aliphatic heterocycles. The lowest BCUT2D eigenvalue weighted by molar-refractivity contribution is -0.123. The summed E-state index contributed by atoms with van der Waals surface area (Å²) in [4.78, 5) is 39.6. The lowest BCUT2D eigenvalue weighted by Crippen LogP contribution is -2.32. The third kappa shape index (κ3) is 2.43. The Morgan fingerprint density at radius 1 is 0.929 bits per heavy atom. The van der Waals surface area contributed by atoms with Gasteiger partial charge in [0.2, 0.25) is 11.8 Å². The minimum Gasteiger partial charge on any atom is -0.322 e. The summed E-state index contributed by atoms with van der Waals surface area (Å²) in [6.45, 7) is 1.93. The second-order valence-electron chi connectivity index (χ2n) is 7.83. The Balaban J connectivity index is 1.36. The van der Waals surface area contributed by atoms with Crippen LogP contribution in [0.15, 0.2) is 60.7 Å². The summed E-state index contributed by atoms with van der Waals surface area (Å²) >= 11 is 0. The van der Waals surface area contributed by atoms with Gasteiger partial charge in [0.1, 0.15) is 0 Å². The van der Waals surface area contributed by atoms with Crippen molar-refractivity contribution in [3.05, 3.63) is 71.8 Å². The second kappa shape index (κ2) is 6.16. The molecule has 2 aliphatic carbocycles. The molecule has 2 aromatic carbocycles. The van der Waals surface area contributed by atoms with Crippen molar-refractivity contribution in [3.63, 3.8) is 0 Å². The molecular formula is C23H20N2O3. The van der Waals surface area contributed by atoms with Crippen LogP contribution in [0, 0.1) is 30.6 Å². The van der Waals surface area contributed by atoms with Crippen molar-refractivity contribution < 1.29 is 14.4 Å². The van der Waals surface area contributed by atoms with E-state index in [0.29, 0.717) is 11.3 Å². The van der Waals surface area contributed by atoms with Gasteiger partial charge in [0, 0.05) is 11.3 Å². The topological polar surface area (TPSA) is 66.5 Å². The van der Waals surface area contributed by atoms with Crippen molar-refractivity contribution in [2.75, 3.05) is 10.2 Å². The number of benzene rings is 2. The molecule has 1 N–H and O–H groups in total. The molecule has 0 radical (unpaired) electrons. The highest BCUT2D eigenvalue weighted by Crippen LogP contribution is 2.53. The zero-order valence-corrected chi connectivity index (χ0v) is 15.5. The summed E-state index contributed by atoms with van der Waals surface area (Å²) in [5, 5.41) is 2.89. The van der Waals surface area contributed by atoms with Crippen LogP contribution in [-0.2, 0) is 9.59 Å². The Labute approximate surface area is 163 Å². The molecule has 5 heteroatoms. The third-order valence-corrected chi connectivity index (χ3v) is 6.25. The predicted octanol–water partition coefficient (Wildman–Crippen LogP) is 3.56. The van der Waals surface area contributed by atoms with Crippen molar-refractivity contribution in [1.82, 2.24) is 0 Å². The Morgan fingerprint density at radius 2 is 1.54 bits per heavy atom. The van der Waals surface area contributed by atoms with Gasteiger partial charge in [-0.25, -0.2) is 0 Å².